The second kappa shape index (κ2) is 4.57. The van der Waals surface area contributed by atoms with Crippen molar-refractivity contribution in [1.29, 1.82) is 0 Å². The fourth-order valence-corrected chi connectivity index (χ4v) is 2.37. The van der Waals surface area contributed by atoms with Crippen LogP contribution in [0.3, 0.4) is 0 Å². The Morgan fingerprint density at radius 2 is 1.71 bits per heavy atom. The molecule has 0 radical (unpaired) electrons. The van der Waals surface area contributed by atoms with E-state index in [4.69, 9.17) is 0 Å². The van der Waals surface area contributed by atoms with Crippen molar-refractivity contribution < 1.29 is 0 Å². The first-order valence-electron chi connectivity index (χ1n) is 2.99. The molecule has 0 atom stereocenters. The Morgan fingerprint density at radius 1 is 1.29 bits per heavy atom. The summed E-state index contributed by atoms with van der Waals surface area (Å²) < 4.78 is 1.84. The Balaban J connectivity index is 3.38. The molecule has 0 saturated heterocycles. The van der Waals surface area contributed by atoms with Gasteiger partial charge < -0.3 is 0 Å². The summed E-state index contributed by atoms with van der Waals surface area (Å²) in [5.41, 5.74) is 0. The van der Waals surface area contributed by atoms with E-state index >= 15 is 0 Å². The molecule has 0 aromatic rings. The summed E-state index contributed by atoms with van der Waals surface area (Å²) in [5, 5.41) is 0. The fourth-order valence-electron chi connectivity index (χ4n) is 0.658. The Bertz CT molecular complexity index is 58.6. The third-order valence-electron chi connectivity index (χ3n) is 1.32. The quantitative estimate of drug-likeness (QED) is 0.534. The van der Waals surface area contributed by atoms with E-state index in [9.17, 15) is 0 Å². The van der Waals surface area contributed by atoms with Gasteiger partial charge in [-0.05, 0) is 0 Å². The molecule has 0 nitrogen and oxygen atoms in total. The molecule has 0 aromatic carbocycles. The Morgan fingerprint density at radius 3 is 1.71 bits per heavy atom. The zero-order valence-electron chi connectivity index (χ0n) is 5.49. The van der Waals surface area contributed by atoms with Gasteiger partial charge in [0.1, 0.15) is 0 Å². The molecule has 1 heteroatoms. The van der Waals surface area contributed by atoms with Gasteiger partial charge in [-0.2, -0.15) is 0 Å². The molecule has 0 N–H and O–H groups in total. The summed E-state index contributed by atoms with van der Waals surface area (Å²) in [4.78, 5) is 0. The van der Waals surface area contributed by atoms with Gasteiger partial charge in [0.15, 0.2) is 0 Å². The summed E-state index contributed by atoms with van der Waals surface area (Å²) >= 11 is 0.116. The number of hydrogen-bond donors (Lipinski definition) is 0. The van der Waals surface area contributed by atoms with Crippen LogP contribution in [0.2, 0.25) is 5.76 Å². The maximum absolute atomic E-state index is 2.38. The van der Waals surface area contributed by atoms with Gasteiger partial charge in [0.05, 0.1) is 0 Å². The minimum absolute atomic E-state index is 0.116. The molecule has 0 bridgehead atoms. The second-order valence-corrected chi connectivity index (χ2v) is 4.58. The average Bonchev–Trinajstić information content (AvgIpc) is 1.72. The summed E-state index contributed by atoms with van der Waals surface area (Å²) in [6.45, 7) is 4.53. The van der Waals surface area contributed by atoms with Gasteiger partial charge in [-0.1, -0.05) is 0 Å². The zero-order chi connectivity index (χ0) is 5.70. The van der Waals surface area contributed by atoms with Crippen molar-refractivity contribution in [2.75, 3.05) is 0 Å². The molecule has 0 saturated carbocycles. The van der Waals surface area contributed by atoms with Gasteiger partial charge in [-0.15, -0.1) is 0 Å². The van der Waals surface area contributed by atoms with Crippen molar-refractivity contribution in [2.24, 2.45) is 0 Å². The van der Waals surface area contributed by atoms with Crippen LogP contribution < -0.4 is 0 Å². The van der Waals surface area contributed by atoms with E-state index in [1.165, 1.54) is 12.8 Å². The molecule has 7 heavy (non-hydrogen) atoms. The van der Waals surface area contributed by atoms with Gasteiger partial charge in [-0.25, -0.2) is 0 Å². The Labute approximate surface area is 52.3 Å². The van der Waals surface area contributed by atoms with Crippen LogP contribution in [0.5, 0.6) is 0 Å². The van der Waals surface area contributed by atoms with Crippen molar-refractivity contribution in [3.8, 4) is 0 Å². The summed E-state index contributed by atoms with van der Waals surface area (Å²) in [6, 6.07) is 0. The topological polar surface area (TPSA) is 0 Å². The van der Waals surface area contributed by atoms with Gasteiger partial charge in [0, 0.05) is 0 Å². The van der Waals surface area contributed by atoms with E-state index in [1.54, 1.807) is 0 Å². The van der Waals surface area contributed by atoms with E-state index in [2.05, 4.69) is 19.6 Å². The van der Waals surface area contributed by atoms with Crippen LogP contribution >= 0.6 is 0 Å². The molecule has 42 valence electrons. The van der Waals surface area contributed by atoms with E-state index in [-0.39, 0.29) is 15.0 Å². The van der Waals surface area contributed by atoms with Crippen molar-refractivity contribution in [2.45, 2.75) is 32.4 Å². The third-order valence-corrected chi connectivity index (χ3v) is 4.74. The standard InChI is InChI=1S/C6H14Ge/c1-4-6(5-2)7-3/h7H,4-5H2,1-3H3. The molecule has 0 spiro atoms. The van der Waals surface area contributed by atoms with Gasteiger partial charge >= 0.3 is 51.8 Å². The number of rotatable bonds is 2. The first-order chi connectivity index (χ1) is 3.35. The van der Waals surface area contributed by atoms with Crippen molar-refractivity contribution in [3.63, 3.8) is 0 Å². The second-order valence-electron chi connectivity index (χ2n) is 1.65. The zero-order valence-corrected chi connectivity index (χ0v) is 7.91. The van der Waals surface area contributed by atoms with Crippen LogP contribution in [0.4, 0.5) is 0 Å². The molecule has 0 amide bonds. The predicted octanol–water partition coefficient (Wildman–Crippen LogP) is 1.46. The molecule has 0 aliphatic heterocycles. The van der Waals surface area contributed by atoms with E-state index in [0.717, 1.165) is 0 Å². The van der Waals surface area contributed by atoms with E-state index in [0.29, 0.717) is 0 Å². The van der Waals surface area contributed by atoms with Crippen LogP contribution in [0.1, 0.15) is 26.7 Å². The van der Waals surface area contributed by atoms with Crippen molar-refractivity contribution in [1.82, 2.24) is 0 Å². The van der Waals surface area contributed by atoms with Gasteiger partial charge in [0.2, 0.25) is 0 Å². The van der Waals surface area contributed by atoms with Crippen LogP contribution in [-0.2, 0) is 0 Å². The molecule has 0 aliphatic carbocycles. The Hall–Kier alpha value is 0.413. The monoisotopic (exact) mass is 160 g/mol. The average molecular weight is 159 g/mol. The van der Waals surface area contributed by atoms with Crippen LogP contribution in [0.15, 0.2) is 0 Å². The van der Waals surface area contributed by atoms with E-state index < -0.39 is 0 Å². The van der Waals surface area contributed by atoms with Gasteiger partial charge in [-0.3, -0.25) is 0 Å². The van der Waals surface area contributed by atoms with Crippen LogP contribution in [0, 0.1) is 0 Å². The predicted molar refractivity (Wildman–Crippen MR) is 38.6 cm³/mol. The fraction of sp³-hybridized carbons (Fsp3) is 0.833. The summed E-state index contributed by atoms with van der Waals surface area (Å²) in [5.74, 6) is 2.38. The molecule has 0 unspecified atom stereocenters. The van der Waals surface area contributed by atoms with Crippen LogP contribution in [-0.4, -0.2) is 19.3 Å². The summed E-state index contributed by atoms with van der Waals surface area (Å²) in [6.07, 6.45) is 2.68. The molecule has 0 fully saturated rings. The Kier molecular flexibility index (Phi) is 4.84. The number of hydrogen-bond acceptors (Lipinski definition) is 0. The molecule has 0 aliphatic rings. The van der Waals surface area contributed by atoms with Crippen LogP contribution in [0.25, 0.3) is 0 Å². The molecule has 0 rings (SSSR count). The minimum atomic E-state index is 0.116. The first kappa shape index (κ1) is 7.41. The molecular weight excluding hydrogens is 145 g/mol. The molecule has 0 aromatic heterocycles. The molecular formula is C6H14Ge. The van der Waals surface area contributed by atoms with Crippen molar-refractivity contribution >= 4 is 19.3 Å². The maximum atomic E-state index is 2.38. The van der Waals surface area contributed by atoms with Crippen molar-refractivity contribution in [3.05, 3.63) is 0 Å². The normalized spacial score (nSPS) is 8.43. The third kappa shape index (κ3) is 3.04. The van der Waals surface area contributed by atoms with Gasteiger partial charge in [0.25, 0.3) is 0 Å². The summed E-state index contributed by atoms with van der Waals surface area (Å²) in [7, 11) is 0. The molecule has 0 heterocycles. The first-order valence-corrected chi connectivity index (χ1v) is 6.62. The SMILES string of the molecule is CC[C](CC)=[GeH][CH3]. The van der Waals surface area contributed by atoms with E-state index in [1.807, 2.05) is 4.35 Å².